The number of anilines is 1. The molecule has 0 atom stereocenters. The molecule has 7 nitrogen and oxygen atoms in total. The Balaban J connectivity index is 1.93. The van der Waals surface area contributed by atoms with E-state index in [1.165, 1.54) is 18.3 Å². The van der Waals surface area contributed by atoms with Crippen LogP contribution in [0, 0.1) is 5.21 Å². The van der Waals surface area contributed by atoms with Gasteiger partial charge in [-0.2, -0.15) is 0 Å². The normalized spacial score (nSPS) is 13.6. The minimum absolute atomic E-state index is 0.0288. The van der Waals surface area contributed by atoms with Gasteiger partial charge in [-0.3, -0.25) is 0 Å². The number of nitrogens with one attached hydrogen (secondary N) is 1. The maximum atomic E-state index is 11.4. The highest BCUT2D eigenvalue weighted by Gasteiger charge is 2.15. The Hall–Kier alpha value is -2.83. The lowest BCUT2D eigenvalue weighted by atomic mass is 10.2. The van der Waals surface area contributed by atoms with Crippen molar-refractivity contribution in [2.24, 2.45) is 10.2 Å². The second-order valence-electron chi connectivity index (χ2n) is 4.20. The van der Waals surface area contributed by atoms with Gasteiger partial charge < -0.3 is 20.4 Å². The summed E-state index contributed by atoms with van der Waals surface area (Å²) in [5.74, 6) is 0.716. The zero-order valence-corrected chi connectivity index (χ0v) is 10.5. The highest BCUT2D eigenvalue weighted by Crippen LogP contribution is 2.39. The lowest BCUT2D eigenvalue weighted by molar-refractivity contribution is -0.591. The van der Waals surface area contributed by atoms with Crippen LogP contribution in [-0.2, 0) is 0 Å². The molecule has 1 aliphatic heterocycles. The number of phenols is 1. The van der Waals surface area contributed by atoms with Crippen molar-refractivity contribution < 1.29 is 14.6 Å². The van der Waals surface area contributed by atoms with Crippen molar-refractivity contribution in [2.45, 2.75) is 0 Å². The number of hydrogen-bond donors (Lipinski definition) is 2. The predicted molar refractivity (Wildman–Crippen MR) is 71.7 cm³/mol. The summed E-state index contributed by atoms with van der Waals surface area (Å²) >= 11 is 0. The van der Waals surface area contributed by atoms with Crippen LogP contribution < -0.4 is 14.8 Å². The van der Waals surface area contributed by atoms with Gasteiger partial charge in [0.1, 0.15) is 18.1 Å². The number of fused-ring (bicyclic) bond motifs is 1. The minimum atomic E-state index is -0.0288. The molecule has 102 valence electrons. The molecule has 20 heavy (non-hydrogen) atoms. The van der Waals surface area contributed by atoms with Crippen molar-refractivity contribution in [1.29, 1.82) is 0 Å². The van der Waals surface area contributed by atoms with E-state index in [9.17, 15) is 10.3 Å². The number of pyridine rings is 1. The van der Waals surface area contributed by atoms with Gasteiger partial charge >= 0.3 is 5.82 Å². The zero-order chi connectivity index (χ0) is 13.9. The van der Waals surface area contributed by atoms with Gasteiger partial charge in [0.15, 0.2) is 5.69 Å². The fraction of sp³-hybridized carbons (Fsp3) is 0.154. The molecule has 1 aliphatic rings. The molecular weight excluding hydrogens is 260 g/mol. The fourth-order valence-electron chi connectivity index (χ4n) is 1.84. The second kappa shape index (κ2) is 5.04. The van der Waals surface area contributed by atoms with Crippen LogP contribution in [0.3, 0.4) is 0 Å². The number of rotatable bonds is 2. The summed E-state index contributed by atoms with van der Waals surface area (Å²) < 4.78 is 6.05. The average Bonchev–Trinajstić information content (AvgIpc) is 2.46. The van der Waals surface area contributed by atoms with Crippen LogP contribution in [0.25, 0.3) is 0 Å². The van der Waals surface area contributed by atoms with E-state index in [0.29, 0.717) is 29.3 Å². The Bertz CT molecular complexity index is 673. The Morgan fingerprint density at radius 2 is 2.20 bits per heavy atom. The Morgan fingerprint density at radius 1 is 1.30 bits per heavy atom. The third-order valence-electron chi connectivity index (χ3n) is 2.82. The fourth-order valence-corrected chi connectivity index (χ4v) is 1.84. The third-order valence-corrected chi connectivity index (χ3v) is 2.82. The maximum Gasteiger partial charge on any atom is 0.353 e. The number of aromatic nitrogens is 1. The van der Waals surface area contributed by atoms with E-state index in [0.717, 1.165) is 0 Å². The number of hydrogen-bond acceptors (Lipinski definition) is 6. The Labute approximate surface area is 114 Å². The van der Waals surface area contributed by atoms with E-state index in [4.69, 9.17) is 4.74 Å². The molecule has 0 unspecified atom stereocenters. The van der Waals surface area contributed by atoms with Crippen LogP contribution >= 0.6 is 0 Å². The van der Waals surface area contributed by atoms with Gasteiger partial charge in [-0.25, -0.2) is 4.73 Å². The van der Waals surface area contributed by atoms with E-state index in [-0.39, 0.29) is 17.3 Å². The summed E-state index contributed by atoms with van der Waals surface area (Å²) in [4.78, 5) is 0. The molecule has 0 aliphatic carbocycles. The van der Waals surface area contributed by atoms with E-state index in [1.54, 1.807) is 18.2 Å². The van der Waals surface area contributed by atoms with Gasteiger partial charge in [0.2, 0.25) is 0 Å². The first kappa shape index (κ1) is 12.2. The molecule has 0 amide bonds. The van der Waals surface area contributed by atoms with Gasteiger partial charge in [-0.15, -0.1) is 0 Å². The highest BCUT2D eigenvalue weighted by atomic mass is 16.5. The molecule has 2 N–H and O–H groups in total. The summed E-state index contributed by atoms with van der Waals surface area (Å²) in [5, 5.41) is 32.1. The van der Waals surface area contributed by atoms with Gasteiger partial charge in [-0.05, 0) is 11.2 Å². The molecule has 2 heterocycles. The number of phenolic OH excluding ortho intramolecular Hbond substituents is 1. The van der Waals surface area contributed by atoms with E-state index < -0.39 is 0 Å². The lowest BCUT2D eigenvalue weighted by Gasteiger charge is -2.19. The second-order valence-corrected chi connectivity index (χ2v) is 4.20. The van der Waals surface area contributed by atoms with Gasteiger partial charge in [0, 0.05) is 24.7 Å². The van der Waals surface area contributed by atoms with Gasteiger partial charge in [0.25, 0.3) is 0 Å². The summed E-state index contributed by atoms with van der Waals surface area (Å²) in [5.41, 5.74) is 0.961. The summed E-state index contributed by atoms with van der Waals surface area (Å²) in [7, 11) is 0. The van der Waals surface area contributed by atoms with Crippen LogP contribution in [-0.4, -0.2) is 18.3 Å². The quantitative estimate of drug-likeness (QED) is 0.498. The van der Waals surface area contributed by atoms with Crippen LogP contribution in [0.15, 0.2) is 46.8 Å². The van der Waals surface area contributed by atoms with Crippen molar-refractivity contribution in [3.8, 4) is 11.5 Å². The molecule has 7 heteroatoms. The van der Waals surface area contributed by atoms with Crippen molar-refractivity contribution in [2.75, 3.05) is 18.5 Å². The number of benzene rings is 1. The van der Waals surface area contributed by atoms with Crippen molar-refractivity contribution in [1.82, 2.24) is 0 Å². The van der Waals surface area contributed by atoms with Crippen LogP contribution in [0.1, 0.15) is 0 Å². The number of nitrogens with zero attached hydrogens (tertiary/aromatic N) is 3. The molecule has 0 bridgehead atoms. The van der Waals surface area contributed by atoms with E-state index in [2.05, 4.69) is 15.5 Å². The molecule has 0 saturated carbocycles. The van der Waals surface area contributed by atoms with Crippen LogP contribution in [0.2, 0.25) is 0 Å². The predicted octanol–water partition coefficient (Wildman–Crippen LogP) is 2.25. The summed E-state index contributed by atoms with van der Waals surface area (Å²) in [6, 6.07) is 7.92. The molecule has 0 spiro atoms. The molecule has 0 radical (unpaired) electrons. The number of aromatic hydroxyl groups is 1. The standard InChI is InChI=1S/C13H12N4O3/c18-11-7-10-12(20-6-4-14-10)8-9(11)15-16-13-3-1-2-5-17(13)19/h1-3,5,7-8,14,18H,4,6H2. The smallest absolute Gasteiger partial charge is 0.353 e. The van der Waals surface area contributed by atoms with E-state index >= 15 is 0 Å². The zero-order valence-electron chi connectivity index (χ0n) is 10.5. The molecule has 0 saturated heterocycles. The lowest BCUT2D eigenvalue weighted by Crippen LogP contribution is -2.24. The first-order chi connectivity index (χ1) is 9.74. The molecule has 1 aromatic carbocycles. The Morgan fingerprint density at radius 3 is 3.05 bits per heavy atom. The first-order valence-electron chi connectivity index (χ1n) is 6.07. The minimum Gasteiger partial charge on any atom is -0.710 e. The summed E-state index contributed by atoms with van der Waals surface area (Å²) in [6.45, 7) is 1.24. The molecule has 1 aromatic heterocycles. The topological polar surface area (TPSA) is 93.2 Å². The van der Waals surface area contributed by atoms with Crippen LogP contribution in [0.4, 0.5) is 17.2 Å². The number of ether oxygens (including phenoxy) is 1. The number of azo groups is 1. The van der Waals surface area contributed by atoms with Gasteiger partial charge in [0.05, 0.1) is 17.0 Å². The molecule has 0 fully saturated rings. The maximum absolute atomic E-state index is 11.4. The Kier molecular flexibility index (Phi) is 3.08. The molecule has 3 rings (SSSR count). The average molecular weight is 272 g/mol. The molecular formula is C13H12N4O3. The summed E-state index contributed by atoms with van der Waals surface area (Å²) in [6.07, 6.45) is 1.33. The molecule has 2 aromatic rings. The van der Waals surface area contributed by atoms with Crippen molar-refractivity contribution in [3.63, 3.8) is 0 Å². The van der Waals surface area contributed by atoms with Gasteiger partial charge in [-0.1, -0.05) is 6.07 Å². The van der Waals surface area contributed by atoms with Crippen molar-refractivity contribution in [3.05, 3.63) is 41.7 Å². The monoisotopic (exact) mass is 272 g/mol. The van der Waals surface area contributed by atoms with Crippen LogP contribution in [0.5, 0.6) is 11.5 Å². The largest absolute Gasteiger partial charge is 0.710 e. The first-order valence-corrected chi connectivity index (χ1v) is 6.07. The van der Waals surface area contributed by atoms with Crippen molar-refractivity contribution >= 4 is 17.2 Å². The van der Waals surface area contributed by atoms with E-state index in [1.807, 2.05) is 0 Å². The third kappa shape index (κ3) is 2.33. The SMILES string of the molecule is [O-][n+]1ccccc1N=Nc1cc2c(cc1O)NCCO2. The highest BCUT2D eigenvalue weighted by molar-refractivity contribution is 5.69.